The summed E-state index contributed by atoms with van der Waals surface area (Å²) in [5.41, 5.74) is 1.58. The number of aromatic amines is 1. The number of amides is 3. The highest BCUT2D eigenvalue weighted by atomic mass is 79.9. The fraction of sp³-hybridized carbons (Fsp3) is 0.444. The second-order valence-electron chi connectivity index (χ2n) is 13.8. The number of carbonyl (C=O) groups is 5. The summed E-state index contributed by atoms with van der Waals surface area (Å²) in [7, 11) is 0. The van der Waals surface area contributed by atoms with Gasteiger partial charge in [0.25, 0.3) is 5.91 Å². The van der Waals surface area contributed by atoms with Gasteiger partial charge >= 0.3 is 16.8 Å². The Hall–Kier alpha value is -3.95. The molecule has 1 saturated heterocycles. The number of aliphatic carboxylic acids is 1. The van der Waals surface area contributed by atoms with Crippen LogP contribution in [-0.2, 0) is 23.9 Å². The molecule has 0 spiro atoms. The minimum atomic E-state index is -1.22. The van der Waals surface area contributed by atoms with Gasteiger partial charge in [0.15, 0.2) is 6.61 Å². The molecule has 2 aliphatic heterocycles. The second-order valence-corrected chi connectivity index (χ2v) is 16.9. The molecule has 7 unspecified atom stereocenters. The predicted octanol–water partition coefficient (Wildman–Crippen LogP) is 5.37. The average molecular weight is 799 g/mol. The van der Waals surface area contributed by atoms with Gasteiger partial charge in [-0.2, -0.15) is 0 Å². The molecule has 3 N–H and O–H groups in total. The first-order chi connectivity index (χ1) is 24.4. The number of carbonyl (C=O) groups excluding carboxylic acids is 4. The zero-order valence-electron chi connectivity index (χ0n) is 27.9. The lowest BCUT2D eigenvalue weighted by molar-refractivity contribution is -0.156. The van der Waals surface area contributed by atoms with Gasteiger partial charge in [0.2, 0.25) is 11.8 Å². The number of carboxylic acids is 1. The SMILES string of the molecule is CCOC(=O)c1ccc(NC(=O)COc2ccc(Br)cc2[C@H]2c3sc(=O)[nH]c3SC3C4CC(C5C(=O)N(C(CC(C)C)C(=O)O)C(=O)C45)C32)cc1. The van der Waals surface area contributed by atoms with E-state index in [9.17, 15) is 33.9 Å². The third-order valence-corrected chi connectivity index (χ3v) is 13.5. The van der Waals surface area contributed by atoms with E-state index in [0.717, 1.165) is 31.2 Å². The summed E-state index contributed by atoms with van der Waals surface area (Å²) in [6, 6.07) is 10.6. The number of benzene rings is 2. The predicted molar refractivity (Wildman–Crippen MR) is 192 cm³/mol. The summed E-state index contributed by atoms with van der Waals surface area (Å²) in [4.78, 5) is 82.8. The van der Waals surface area contributed by atoms with Crippen molar-refractivity contribution in [3.05, 3.63) is 72.6 Å². The lowest BCUT2D eigenvalue weighted by Crippen LogP contribution is -2.47. The van der Waals surface area contributed by atoms with E-state index in [1.165, 1.54) is 11.8 Å². The summed E-state index contributed by atoms with van der Waals surface area (Å²) < 4.78 is 11.9. The van der Waals surface area contributed by atoms with E-state index in [1.807, 2.05) is 19.9 Å². The van der Waals surface area contributed by atoms with Crippen LogP contribution in [0.25, 0.3) is 0 Å². The normalized spacial score (nSPS) is 26.5. The standard InChI is InChI=1S/C36H36BrN3O9S2/c1-4-48-35(46)16-5-8-18(9-6-16)38-24(41)14-49-23-10-7-17(37)12-19(23)25-26-20-13-21(29(26)50-31-30(25)51-36(47)39-31)28-27(20)32(42)40(33(28)43)22(34(44)45)11-15(2)3/h5-10,12,15,20-22,25-29H,4,11,13-14H2,1-3H3,(H,38,41)(H,39,47)(H,44,45)/t20?,21?,22?,25-,26?,27?,28?,29?/m1/s1. The van der Waals surface area contributed by atoms with Crippen molar-refractivity contribution in [1.29, 1.82) is 0 Å². The Morgan fingerprint density at radius 2 is 1.76 bits per heavy atom. The highest BCUT2D eigenvalue weighted by Crippen LogP contribution is 2.69. The first-order valence-electron chi connectivity index (χ1n) is 16.9. The maximum atomic E-state index is 14.1. The van der Waals surface area contributed by atoms with Crippen LogP contribution in [0.1, 0.15) is 60.3 Å². The van der Waals surface area contributed by atoms with Crippen molar-refractivity contribution in [2.75, 3.05) is 18.5 Å². The fourth-order valence-electron chi connectivity index (χ4n) is 8.60. The molecule has 3 amide bonds. The zero-order valence-corrected chi connectivity index (χ0v) is 31.1. The minimum Gasteiger partial charge on any atom is -0.483 e. The highest BCUT2D eigenvalue weighted by molar-refractivity contribution is 9.10. The molecule has 51 heavy (non-hydrogen) atoms. The number of esters is 1. The monoisotopic (exact) mass is 797 g/mol. The van der Waals surface area contributed by atoms with Crippen LogP contribution in [0.3, 0.4) is 0 Å². The first kappa shape index (κ1) is 35.5. The Kier molecular flexibility index (Phi) is 9.65. The van der Waals surface area contributed by atoms with Gasteiger partial charge in [-0.25, -0.2) is 9.59 Å². The third kappa shape index (κ3) is 6.30. The van der Waals surface area contributed by atoms with Crippen LogP contribution < -0.4 is 14.9 Å². The average Bonchev–Trinajstić information content (AvgIpc) is 3.82. The lowest BCUT2D eigenvalue weighted by atomic mass is 9.68. The van der Waals surface area contributed by atoms with Crippen molar-refractivity contribution in [3.8, 4) is 5.75 Å². The van der Waals surface area contributed by atoms with Crippen molar-refractivity contribution in [2.45, 2.75) is 55.8 Å². The maximum Gasteiger partial charge on any atom is 0.338 e. The lowest BCUT2D eigenvalue weighted by Gasteiger charge is -2.43. The first-order valence-corrected chi connectivity index (χ1v) is 19.4. The van der Waals surface area contributed by atoms with Crippen LogP contribution in [-0.4, -0.2) is 69.2 Å². The van der Waals surface area contributed by atoms with Crippen LogP contribution in [0.5, 0.6) is 5.75 Å². The maximum absolute atomic E-state index is 14.1. The number of ether oxygens (including phenoxy) is 2. The van der Waals surface area contributed by atoms with Crippen LogP contribution in [0.4, 0.5) is 5.69 Å². The molecule has 2 bridgehead atoms. The molecule has 3 heterocycles. The molecule has 3 fully saturated rings. The Morgan fingerprint density at radius 3 is 2.43 bits per heavy atom. The van der Waals surface area contributed by atoms with Gasteiger partial charge in [0, 0.05) is 31.8 Å². The molecule has 2 saturated carbocycles. The second kappa shape index (κ2) is 13.9. The number of rotatable bonds is 11. The number of carboxylic acid groups (broad SMARTS) is 1. The summed E-state index contributed by atoms with van der Waals surface area (Å²) in [5.74, 6) is -4.69. The number of hydrogen-bond acceptors (Lipinski definition) is 10. The van der Waals surface area contributed by atoms with E-state index in [-0.39, 0.29) is 59.3 Å². The minimum absolute atomic E-state index is 0.0342. The highest BCUT2D eigenvalue weighted by Gasteiger charge is 2.70. The van der Waals surface area contributed by atoms with Crippen LogP contribution in [0.2, 0.25) is 0 Å². The zero-order chi connectivity index (χ0) is 36.3. The Labute approximate surface area is 309 Å². The molecular formula is C36H36BrN3O9S2. The summed E-state index contributed by atoms with van der Waals surface area (Å²) in [5, 5.41) is 13.5. The number of hydrogen-bond donors (Lipinski definition) is 3. The van der Waals surface area contributed by atoms with Crippen molar-refractivity contribution in [3.63, 3.8) is 0 Å². The summed E-state index contributed by atoms with van der Waals surface area (Å²) in [6.45, 7) is 5.38. The number of nitrogens with zero attached hydrogens (tertiary/aromatic N) is 1. The number of halogens is 1. The van der Waals surface area contributed by atoms with Gasteiger partial charge in [-0.1, -0.05) is 41.1 Å². The van der Waals surface area contributed by atoms with Crippen LogP contribution in [0.15, 0.2) is 56.8 Å². The quantitative estimate of drug-likeness (QED) is 0.169. The van der Waals surface area contributed by atoms with Gasteiger partial charge in [0.05, 0.1) is 29.0 Å². The van der Waals surface area contributed by atoms with Crippen LogP contribution in [0, 0.1) is 35.5 Å². The van der Waals surface area contributed by atoms with E-state index < -0.39 is 47.5 Å². The summed E-state index contributed by atoms with van der Waals surface area (Å²) in [6.07, 6.45) is 0.817. The largest absolute Gasteiger partial charge is 0.483 e. The molecule has 2 aromatic carbocycles. The molecule has 268 valence electrons. The molecule has 15 heteroatoms. The number of thioether (sulfide) groups is 1. The number of thiazole rings is 1. The molecule has 4 aliphatic rings. The van der Waals surface area contributed by atoms with Crippen molar-refractivity contribution in [2.24, 2.45) is 35.5 Å². The molecule has 2 aliphatic carbocycles. The van der Waals surface area contributed by atoms with Crippen molar-refractivity contribution in [1.82, 2.24) is 9.88 Å². The molecule has 12 nitrogen and oxygen atoms in total. The van der Waals surface area contributed by atoms with Gasteiger partial charge in [-0.15, -0.1) is 11.8 Å². The smallest absolute Gasteiger partial charge is 0.338 e. The van der Waals surface area contributed by atoms with E-state index in [4.69, 9.17) is 9.47 Å². The van der Waals surface area contributed by atoms with E-state index in [1.54, 1.807) is 43.3 Å². The topological polar surface area (TPSA) is 172 Å². The van der Waals surface area contributed by atoms with Gasteiger partial charge < -0.3 is 24.9 Å². The van der Waals surface area contributed by atoms with Crippen molar-refractivity contribution < 1.29 is 38.6 Å². The Morgan fingerprint density at radius 1 is 1.06 bits per heavy atom. The van der Waals surface area contributed by atoms with Gasteiger partial charge in [-0.3, -0.25) is 24.1 Å². The van der Waals surface area contributed by atoms with E-state index >= 15 is 0 Å². The molecule has 8 atom stereocenters. The Balaban J connectivity index is 1.17. The molecule has 1 aromatic heterocycles. The third-order valence-electron chi connectivity index (χ3n) is 10.4. The van der Waals surface area contributed by atoms with E-state index in [0.29, 0.717) is 28.4 Å². The van der Waals surface area contributed by atoms with Gasteiger partial charge in [0.1, 0.15) is 11.8 Å². The molecular weight excluding hydrogens is 762 g/mol. The number of aromatic nitrogens is 1. The molecule has 0 radical (unpaired) electrons. The number of anilines is 1. The van der Waals surface area contributed by atoms with E-state index in [2.05, 4.69) is 26.2 Å². The Bertz CT molecular complexity index is 1980. The number of imide groups is 1. The number of H-pyrrole nitrogens is 1. The number of fused-ring (bicyclic) bond motifs is 9. The number of nitrogens with one attached hydrogen (secondary N) is 2. The molecule has 3 aromatic rings. The summed E-state index contributed by atoms with van der Waals surface area (Å²) >= 11 is 6.23. The fourth-order valence-corrected chi connectivity index (χ4v) is 11.9. The van der Waals surface area contributed by atoms with Crippen LogP contribution >= 0.6 is 39.0 Å². The molecule has 7 rings (SSSR count). The van der Waals surface area contributed by atoms with Gasteiger partial charge in [-0.05, 0) is 85.9 Å². The number of likely N-dealkylation sites (tertiary alicyclic amines) is 1. The van der Waals surface area contributed by atoms with Crippen molar-refractivity contribution >= 4 is 74.4 Å².